The highest BCUT2D eigenvalue weighted by molar-refractivity contribution is 5.26. The average molecular weight is 232 g/mol. The standard InChI is InChI=1S/C17H28/c1-6-16-8-7-9-17(12-16)15(5)11-14(4)10-13(2)3/h7-9,12-15H,6,10-11H2,1-5H3. The number of hydrogen-bond acceptors (Lipinski definition) is 0. The van der Waals surface area contributed by atoms with E-state index in [-0.39, 0.29) is 0 Å². The van der Waals surface area contributed by atoms with Gasteiger partial charge in [-0.2, -0.15) is 0 Å². The first-order valence-electron chi connectivity index (χ1n) is 7.11. The number of benzene rings is 1. The maximum Gasteiger partial charge on any atom is -0.0188 e. The quantitative estimate of drug-likeness (QED) is 0.614. The van der Waals surface area contributed by atoms with Crippen molar-refractivity contribution in [2.45, 2.75) is 59.8 Å². The number of hydrogen-bond donors (Lipinski definition) is 0. The minimum Gasteiger partial charge on any atom is -0.0628 e. The molecule has 0 aromatic heterocycles. The molecule has 0 aliphatic heterocycles. The third kappa shape index (κ3) is 4.93. The third-order valence-electron chi connectivity index (χ3n) is 3.56. The van der Waals surface area contributed by atoms with Crippen LogP contribution in [0.3, 0.4) is 0 Å². The van der Waals surface area contributed by atoms with Gasteiger partial charge in [-0.05, 0) is 48.1 Å². The summed E-state index contributed by atoms with van der Waals surface area (Å²) >= 11 is 0. The minimum absolute atomic E-state index is 0.690. The molecule has 1 rings (SSSR count). The van der Waals surface area contributed by atoms with Gasteiger partial charge in [0.2, 0.25) is 0 Å². The molecule has 0 bridgehead atoms. The maximum absolute atomic E-state index is 2.39. The van der Waals surface area contributed by atoms with Gasteiger partial charge in [-0.1, -0.05) is 58.9 Å². The molecule has 96 valence electrons. The molecule has 0 heteroatoms. The highest BCUT2D eigenvalue weighted by Crippen LogP contribution is 2.27. The van der Waals surface area contributed by atoms with Crippen LogP contribution in [0.1, 0.15) is 64.5 Å². The fraction of sp³-hybridized carbons (Fsp3) is 0.647. The van der Waals surface area contributed by atoms with Gasteiger partial charge in [0.15, 0.2) is 0 Å². The van der Waals surface area contributed by atoms with Gasteiger partial charge < -0.3 is 0 Å². The van der Waals surface area contributed by atoms with Crippen molar-refractivity contribution in [1.29, 1.82) is 0 Å². The van der Waals surface area contributed by atoms with E-state index in [2.05, 4.69) is 58.9 Å². The van der Waals surface area contributed by atoms with Crippen LogP contribution in [0.25, 0.3) is 0 Å². The Morgan fingerprint density at radius 1 is 1.00 bits per heavy atom. The van der Waals surface area contributed by atoms with E-state index < -0.39 is 0 Å². The molecular weight excluding hydrogens is 204 g/mol. The third-order valence-corrected chi connectivity index (χ3v) is 3.56. The summed E-state index contributed by atoms with van der Waals surface area (Å²) in [5, 5.41) is 0. The highest BCUT2D eigenvalue weighted by Gasteiger charge is 2.12. The molecule has 0 amide bonds. The van der Waals surface area contributed by atoms with E-state index in [1.165, 1.54) is 24.0 Å². The smallest absolute Gasteiger partial charge is 0.0188 e. The lowest BCUT2D eigenvalue weighted by atomic mass is 9.86. The predicted octanol–water partition coefficient (Wildman–Crippen LogP) is 5.42. The van der Waals surface area contributed by atoms with Gasteiger partial charge in [-0.3, -0.25) is 0 Å². The van der Waals surface area contributed by atoms with Crippen molar-refractivity contribution in [3.05, 3.63) is 35.4 Å². The topological polar surface area (TPSA) is 0 Å². The van der Waals surface area contributed by atoms with Crippen molar-refractivity contribution in [1.82, 2.24) is 0 Å². The Morgan fingerprint density at radius 2 is 1.71 bits per heavy atom. The largest absolute Gasteiger partial charge is 0.0628 e. The average Bonchev–Trinajstić information content (AvgIpc) is 2.27. The Kier molecular flexibility index (Phi) is 5.74. The maximum atomic E-state index is 2.39. The van der Waals surface area contributed by atoms with E-state index in [0.717, 1.165) is 18.3 Å². The Hall–Kier alpha value is -0.780. The van der Waals surface area contributed by atoms with Gasteiger partial charge in [0.25, 0.3) is 0 Å². The van der Waals surface area contributed by atoms with Gasteiger partial charge in [0.1, 0.15) is 0 Å². The summed E-state index contributed by atoms with van der Waals surface area (Å²) in [4.78, 5) is 0. The molecule has 0 saturated heterocycles. The summed E-state index contributed by atoms with van der Waals surface area (Å²) in [6.07, 6.45) is 3.80. The Morgan fingerprint density at radius 3 is 2.29 bits per heavy atom. The summed E-state index contributed by atoms with van der Waals surface area (Å²) in [5.41, 5.74) is 2.98. The molecule has 0 heterocycles. The SMILES string of the molecule is CCc1cccc(C(C)CC(C)CC(C)C)c1. The van der Waals surface area contributed by atoms with Crippen LogP contribution < -0.4 is 0 Å². The lowest BCUT2D eigenvalue weighted by Crippen LogP contribution is -2.05. The lowest BCUT2D eigenvalue weighted by molar-refractivity contribution is 0.392. The summed E-state index contributed by atoms with van der Waals surface area (Å²) in [6.45, 7) is 11.6. The molecule has 2 unspecified atom stereocenters. The van der Waals surface area contributed by atoms with Crippen molar-refractivity contribution in [2.75, 3.05) is 0 Å². The molecule has 0 aliphatic rings. The Balaban J connectivity index is 2.59. The monoisotopic (exact) mass is 232 g/mol. The van der Waals surface area contributed by atoms with Crippen LogP contribution in [-0.2, 0) is 6.42 Å². The zero-order valence-electron chi connectivity index (χ0n) is 12.2. The molecule has 2 atom stereocenters. The van der Waals surface area contributed by atoms with Gasteiger partial charge >= 0.3 is 0 Å². The molecule has 17 heavy (non-hydrogen) atoms. The van der Waals surface area contributed by atoms with Gasteiger partial charge in [-0.25, -0.2) is 0 Å². The number of rotatable bonds is 6. The summed E-state index contributed by atoms with van der Waals surface area (Å²) in [7, 11) is 0. The summed E-state index contributed by atoms with van der Waals surface area (Å²) in [6, 6.07) is 9.10. The first-order valence-corrected chi connectivity index (χ1v) is 7.11. The second-order valence-electron chi connectivity index (χ2n) is 5.97. The number of aryl methyl sites for hydroxylation is 1. The summed E-state index contributed by atoms with van der Waals surface area (Å²) in [5.74, 6) is 2.34. The van der Waals surface area contributed by atoms with Crippen molar-refractivity contribution >= 4 is 0 Å². The van der Waals surface area contributed by atoms with Crippen molar-refractivity contribution in [3.63, 3.8) is 0 Å². The normalized spacial score (nSPS) is 14.9. The van der Waals surface area contributed by atoms with Gasteiger partial charge in [-0.15, -0.1) is 0 Å². The van der Waals surface area contributed by atoms with E-state index in [4.69, 9.17) is 0 Å². The van der Waals surface area contributed by atoms with Crippen LogP contribution in [-0.4, -0.2) is 0 Å². The van der Waals surface area contributed by atoms with E-state index in [9.17, 15) is 0 Å². The fourth-order valence-electron chi connectivity index (χ4n) is 2.76. The van der Waals surface area contributed by atoms with Crippen molar-refractivity contribution in [2.24, 2.45) is 11.8 Å². The molecule has 0 nitrogen and oxygen atoms in total. The van der Waals surface area contributed by atoms with Crippen molar-refractivity contribution < 1.29 is 0 Å². The van der Waals surface area contributed by atoms with Gasteiger partial charge in [0, 0.05) is 0 Å². The van der Waals surface area contributed by atoms with E-state index >= 15 is 0 Å². The van der Waals surface area contributed by atoms with E-state index in [1.54, 1.807) is 0 Å². The van der Waals surface area contributed by atoms with Crippen LogP contribution in [0.2, 0.25) is 0 Å². The summed E-state index contributed by atoms with van der Waals surface area (Å²) < 4.78 is 0. The zero-order chi connectivity index (χ0) is 12.8. The van der Waals surface area contributed by atoms with Gasteiger partial charge in [0.05, 0.1) is 0 Å². The molecule has 1 aromatic rings. The Bertz CT molecular complexity index is 325. The molecule has 0 radical (unpaired) electrons. The molecule has 0 spiro atoms. The van der Waals surface area contributed by atoms with Crippen LogP contribution in [0.15, 0.2) is 24.3 Å². The minimum atomic E-state index is 0.690. The highest BCUT2D eigenvalue weighted by atomic mass is 14.2. The molecular formula is C17H28. The first-order chi connectivity index (χ1) is 8.02. The molecule has 0 fully saturated rings. The Labute approximate surface area is 107 Å². The molecule has 0 saturated carbocycles. The predicted molar refractivity (Wildman–Crippen MR) is 77.5 cm³/mol. The van der Waals surface area contributed by atoms with Crippen LogP contribution in [0, 0.1) is 11.8 Å². The lowest BCUT2D eigenvalue weighted by Gasteiger charge is -2.19. The molecule has 0 N–H and O–H groups in total. The molecule has 1 aromatic carbocycles. The molecule has 0 aliphatic carbocycles. The zero-order valence-corrected chi connectivity index (χ0v) is 12.2. The van der Waals surface area contributed by atoms with E-state index in [1.807, 2.05) is 0 Å². The second-order valence-corrected chi connectivity index (χ2v) is 5.97. The fourth-order valence-corrected chi connectivity index (χ4v) is 2.76. The van der Waals surface area contributed by atoms with Crippen LogP contribution >= 0.6 is 0 Å². The van der Waals surface area contributed by atoms with Crippen LogP contribution in [0.4, 0.5) is 0 Å². The second kappa shape index (κ2) is 6.83. The van der Waals surface area contributed by atoms with E-state index in [0.29, 0.717) is 5.92 Å². The van der Waals surface area contributed by atoms with Crippen LogP contribution in [0.5, 0.6) is 0 Å². The first kappa shape index (κ1) is 14.3. The van der Waals surface area contributed by atoms with Crippen molar-refractivity contribution in [3.8, 4) is 0 Å².